The summed E-state index contributed by atoms with van der Waals surface area (Å²) in [5.74, 6) is -1.49. The number of carboxylic acids is 2. The highest BCUT2D eigenvalue weighted by atomic mass is 16.4. The molecular formula is C24H44N4O5. The summed E-state index contributed by atoms with van der Waals surface area (Å²) in [6, 6.07) is -0.636. The molecule has 3 unspecified atom stereocenters. The van der Waals surface area contributed by atoms with Gasteiger partial charge in [0.05, 0.1) is 6.54 Å². The summed E-state index contributed by atoms with van der Waals surface area (Å²) in [6.07, 6.45) is 2.90. The van der Waals surface area contributed by atoms with E-state index in [4.69, 9.17) is 0 Å². The number of fused-ring (bicyclic) bond motifs is 3. The molecule has 3 atom stereocenters. The second-order valence-corrected chi connectivity index (χ2v) is 10.8. The molecule has 2 N–H and O–H groups in total. The molecule has 190 valence electrons. The van der Waals surface area contributed by atoms with Gasteiger partial charge in [0.1, 0.15) is 11.8 Å². The lowest BCUT2D eigenvalue weighted by molar-refractivity contribution is -0.144. The SMILES string of the molecule is CC(C)(C)CC(=O)CCC(C(=O)O)N1CCCN2CCN(CCCN(CC(=O)O)CC2)CC1. The fourth-order valence-corrected chi connectivity index (χ4v) is 4.85. The first kappa shape index (κ1) is 27.7. The number of aliphatic carboxylic acids is 2. The number of hydrogen-bond acceptors (Lipinski definition) is 7. The smallest absolute Gasteiger partial charge is 0.320 e. The second-order valence-electron chi connectivity index (χ2n) is 10.8. The first-order valence-electron chi connectivity index (χ1n) is 12.4. The molecule has 2 aliphatic heterocycles. The van der Waals surface area contributed by atoms with Gasteiger partial charge in [-0.3, -0.25) is 24.2 Å². The summed E-state index contributed by atoms with van der Waals surface area (Å²) in [5.41, 5.74) is -0.0819. The second kappa shape index (κ2) is 13.4. The van der Waals surface area contributed by atoms with E-state index in [9.17, 15) is 24.6 Å². The molecule has 2 aliphatic rings. The Hall–Kier alpha value is -1.55. The third kappa shape index (κ3) is 10.9. The van der Waals surface area contributed by atoms with E-state index in [-0.39, 0.29) is 17.7 Å². The number of nitrogens with zero attached hydrogens (tertiary/aromatic N) is 4. The molecule has 33 heavy (non-hydrogen) atoms. The van der Waals surface area contributed by atoms with E-state index in [1.807, 2.05) is 25.7 Å². The molecule has 0 aliphatic carbocycles. The number of ketones is 1. The van der Waals surface area contributed by atoms with Gasteiger partial charge in [0.25, 0.3) is 0 Å². The van der Waals surface area contributed by atoms with Crippen molar-refractivity contribution in [2.45, 2.75) is 58.9 Å². The van der Waals surface area contributed by atoms with Crippen molar-refractivity contribution in [3.63, 3.8) is 0 Å². The highest BCUT2D eigenvalue weighted by Crippen LogP contribution is 2.21. The van der Waals surface area contributed by atoms with Gasteiger partial charge in [-0.15, -0.1) is 0 Å². The number of hydrogen-bond donors (Lipinski definition) is 2. The maximum atomic E-state index is 12.4. The van der Waals surface area contributed by atoms with E-state index in [2.05, 4.69) is 14.7 Å². The summed E-state index contributed by atoms with van der Waals surface area (Å²) in [5, 5.41) is 19.1. The molecule has 0 aromatic heterocycles. The molecule has 9 nitrogen and oxygen atoms in total. The summed E-state index contributed by atoms with van der Waals surface area (Å²) >= 11 is 0. The molecule has 2 heterocycles. The van der Waals surface area contributed by atoms with Crippen LogP contribution in [0.4, 0.5) is 0 Å². The van der Waals surface area contributed by atoms with Gasteiger partial charge in [-0.1, -0.05) is 20.8 Å². The monoisotopic (exact) mass is 468 g/mol. The van der Waals surface area contributed by atoms with Gasteiger partial charge < -0.3 is 20.0 Å². The van der Waals surface area contributed by atoms with E-state index in [0.29, 0.717) is 32.4 Å². The fourth-order valence-electron chi connectivity index (χ4n) is 4.85. The number of carbonyl (C=O) groups is 3. The molecule has 0 aromatic carbocycles. The molecule has 0 saturated carbocycles. The summed E-state index contributed by atoms with van der Waals surface area (Å²) in [4.78, 5) is 44.5. The van der Waals surface area contributed by atoms with Crippen LogP contribution in [0.2, 0.25) is 0 Å². The van der Waals surface area contributed by atoms with Gasteiger partial charge in [-0.25, -0.2) is 0 Å². The third-order valence-electron chi connectivity index (χ3n) is 6.55. The van der Waals surface area contributed by atoms with Crippen LogP contribution in [0.3, 0.4) is 0 Å². The van der Waals surface area contributed by atoms with E-state index in [1.165, 1.54) is 0 Å². The van der Waals surface area contributed by atoms with Crippen LogP contribution in [-0.2, 0) is 14.4 Å². The van der Waals surface area contributed by atoms with Crippen molar-refractivity contribution < 1.29 is 24.6 Å². The van der Waals surface area contributed by atoms with Crippen molar-refractivity contribution in [2.24, 2.45) is 5.41 Å². The first-order chi connectivity index (χ1) is 15.5. The van der Waals surface area contributed by atoms with Crippen molar-refractivity contribution in [2.75, 3.05) is 72.0 Å². The fraction of sp³-hybridized carbons (Fsp3) is 0.875. The maximum Gasteiger partial charge on any atom is 0.320 e. The van der Waals surface area contributed by atoms with Gasteiger partial charge in [-0.2, -0.15) is 0 Å². The Morgan fingerprint density at radius 1 is 0.788 bits per heavy atom. The lowest BCUT2D eigenvalue weighted by atomic mass is 9.88. The predicted molar refractivity (Wildman–Crippen MR) is 127 cm³/mol. The van der Waals surface area contributed by atoms with Crippen molar-refractivity contribution >= 4 is 17.7 Å². The van der Waals surface area contributed by atoms with Crippen LogP contribution in [0.15, 0.2) is 0 Å². The van der Waals surface area contributed by atoms with Crippen LogP contribution in [0.5, 0.6) is 0 Å². The molecule has 9 heteroatoms. The average molecular weight is 469 g/mol. The number of Topliss-reactive ketones (excluding diaryl/α,β-unsaturated/α-hetero) is 1. The van der Waals surface area contributed by atoms with Gasteiger partial charge >= 0.3 is 11.9 Å². The minimum atomic E-state index is -0.843. The standard InChI is InChI=1S/C24H44N4O5/c1-24(2,3)18-20(29)6-7-21(23(32)33)28-11-5-9-25-12-13-26(16-17-28)8-4-10-27(15-14-25)19-22(30)31/h21H,4-19H2,1-3H3,(H,30,31)(H,32,33). The Morgan fingerprint density at radius 3 is 1.94 bits per heavy atom. The number of carbonyl (C=O) groups excluding carboxylic acids is 1. The van der Waals surface area contributed by atoms with Crippen molar-refractivity contribution in [1.29, 1.82) is 0 Å². The molecule has 0 radical (unpaired) electrons. The molecule has 2 saturated heterocycles. The van der Waals surface area contributed by atoms with Crippen LogP contribution in [0.25, 0.3) is 0 Å². The van der Waals surface area contributed by atoms with Crippen molar-refractivity contribution in [3.8, 4) is 0 Å². The van der Waals surface area contributed by atoms with Crippen LogP contribution in [-0.4, -0.2) is 126 Å². The minimum Gasteiger partial charge on any atom is -0.480 e. The zero-order valence-electron chi connectivity index (χ0n) is 20.8. The lowest BCUT2D eigenvalue weighted by Crippen LogP contribution is -2.50. The molecule has 2 rings (SSSR count). The molecule has 0 spiro atoms. The van der Waals surface area contributed by atoms with Crippen LogP contribution >= 0.6 is 0 Å². The van der Waals surface area contributed by atoms with Gasteiger partial charge in [0.15, 0.2) is 0 Å². The Morgan fingerprint density at radius 2 is 1.36 bits per heavy atom. The minimum absolute atomic E-state index is 0.0792. The largest absolute Gasteiger partial charge is 0.480 e. The Labute approximate surface area is 198 Å². The predicted octanol–water partition coefficient (Wildman–Crippen LogP) is 1.33. The zero-order chi connectivity index (χ0) is 24.4. The summed E-state index contributed by atoms with van der Waals surface area (Å²) in [6.45, 7) is 14.3. The third-order valence-corrected chi connectivity index (χ3v) is 6.55. The van der Waals surface area contributed by atoms with E-state index in [1.54, 1.807) is 0 Å². The number of rotatable bonds is 8. The quantitative estimate of drug-likeness (QED) is 0.546. The van der Waals surface area contributed by atoms with E-state index in [0.717, 1.165) is 65.2 Å². The molecule has 2 fully saturated rings. The highest BCUT2D eigenvalue weighted by molar-refractivity contribution is 5.80. The Bertz CT molecular complexity index is 651. The molecular weight excluding hydrogens is 424 g/mol. The first-order valence-corrected chi connectivity index (χ1v) is 12.4. The van der Waals surface area contributed by atoms with Crippen LogP contribution in [0.1, 0.15) is 52.9 Å². The molecule has 0 amide bonds. The van der Waals surface area contributed by atoms with E-state index >= 15 is 0 Å². The lowest BCUT2D eigenvalue weighted by Gasteiger charge is -2.37. The molecule has 0 aromatic rings. The summed E-state index contributed by atoms with van der Waals surface area (Å²) < 4.78 is 0. The zero-order valence-corrected chi connectivity index (χ0v) is 20.8. The summed E-state index contributed by atoms with van der Waals surface area (Å²) in [7, 11) is 0. The average Bonchev–Trinajstić information content (AvgIpc) is 2.70. The topological polar surface area (TPSA) is 105 Å². The van der Waals surface area contributed by atoms with Gasteiger partial charge in [0.2, 0.25) is 0 Å². The van der Waals surface area contributed by atoms with E-state index < -0.39 is 18.0 Å². The Kier molecular flexibility index (Phi) is 11.2. The van der Waals surface area contributed by atoms with Crippen LogP contribution in [0, 0.1) is 5.41 Å². The Balaban J connectivity index is 2.01. The maximum absolute atomic E-state index is 12.4. The highest BCUT2D eigenvalue weighted by Gasteiger charge is 2.28. The van der Waals surface area contributed by atoms with Gasteiger partial charge in [0, 0.05) is 65.2 Å². The molecule has 2 bridgehead atoms. The van der Waals surface area contributed by atoms with Gasteiger partial charge in [-0.05, 0) is 37.8 Å². The van der Waals surface area contributed by atoms with Crippen molar-refractivity contribution in [1.82, 2.24) is 19.6 Å². The normalized spacial score (nSPS) is 25.3. The number of carboxylic acid groups (broad SMARTS) is 2. The van der Waals surface area contributed by atoms with Crippen molar-refractivity contribution in [3.05, 3.63) is 0 Å². The van der Waals surface area contributed by atoms with Crippen LogP contribution < -0.4 is 0 Å².